The van der Waals surface area contributed by atoms with Gasteiger partial charge in [0.15, 0.2) is 17.0 Å². The minimum Gasteiger partial charge on any atom is -0.497 e. The molecule has 0 atom stereocenters. The van der Waals surface area contributed by atoms with Gasteiger partial charge >= 0.3 is 0 Å². The van der Waals surface area contributed by atoms with Gasteiger partial charge < -0.3 is 14.5 Å². The maximum absolute atomic E-state index is 13.5. The third-order valence-corrected chi connectivity index (χ3v) is 5.45. The maximum atomic E-state index is 13.5. The lowest BCUT2D eigenvalue weighted by Crippen LogP contribution is -2.49. The standard InChI is InChI=1S/C22H20FN7O2/c1-32-18-7-3-6-17(13-18)30-21-19(26-27-30)20(24-14-25-21)28-8-10-29(11-9-28)22(31)15-4-2-5-16(23)12-15/h2-7,12-14H,8-11H2,1H3. The molecule has 32 heavy (non-hydrogen) atoms. The molecule has 10 heteroatoms. The highest BCUT2D eigenvalue weighted by atomic mass is 19.1. The van der Waals surface area contributed by atoms with Crippen LogP contribution in [-0.4, -0.2) is 69.1 Å². The average molecular weight is 433 g/mol. The van der Waals surface area contributed by atoms with Crippen molar-refractivity contribution in [2.45, 2.75) is 0 Å². The number of rotatable bonds is 4. The molecule has 1 amide bonds. The number of nitrogens with zero attached hydrogens (tertiary/aromatic N) is 7. The summed E-state index contributed by atoms with van der Waals surface area (Å²) >= 11 is 0. The van der Waals surface area contributed by atoms with Gasteiger partial charge in [-0.3, -0.25) is 4.79 Å². The molecule has 1 aliphatic rings. The van der Waals surface area contributed by atoms with Crippen LogP contribution in [-0.2, 0) is 0 Å². The zero-order chi connectivity index (χ0) is 22.1. The second-order valence-corrected chi connectivity index (χ2v) is 7.36. The lowest BCUT2D eigenvalue weighted by molar-refractivity contribution is 0.0746. The van der Waals surface area contributed by atoms with Crippen LogP contribution in [0, 0.1) is 5.82 Å². The van der Waals surface area contributed by atoms with Gasteiger partial charge in [0.25, 0.3) is 5.91 Å². The molecule has 0 saturated carbocycles. The summed E-state index contributed by atoms with van der Waals surface area (Å²) in [5.74, 6) is 0.777. The fourth-order valence-electron chi connectivity index (χ4n) is 3.81. The minimum absolute atomic E-state index is 0.180. The Morgan fingerprint density at radius 3 is 2.62 bits per heavy atom. The van der Waals surface area contributed by atoms with Gasteiger partial charge in [-0.2, -0.15) is 4.68 Å². The molecule has 0 N–H and O–H groups in total. The van der Waals surface area contributed by atoms with Gasteiger partial charge in [-0.25, -0.2) is 14.4 Å². The van der Waals surface area contributed by atoms with Crippen LogP contribution < -0.4 is 9.64 Å². The highest BCUT2D eigenvalue weighted by Crippen LogP contribution is 2.25. The van der Waals surface area contributed by atoms with Gasteiger partial charge in [0.1, 0.15) is 17.9 Å². The van der Waals surface area contributed by atoms with Crippen molar-refractivity contribution in [2.75, 3.05) is 38.2 Å². The Bertz CT molecular complexity index is 1280. The SMILES string of the molecule is COc1cccc(-n2nnc3c(N4CCN(C(=O)c5cccc(F)c5)CC4)ncnc32)c1. The highest BCUT2D eigenvalue weighted by molar-refractivity contribution is 5.94. The molecule has 2 aromatic heterocycles. The molecule has 5 rings (SSSR count). The first-order valence-electron chi connectivity index (χ1n) is 10.1. The molecule has 2 aromatic carbocycles. The van der Waals surface area contributed by atoms with Crippen LogP contribution in [0.2, 0.25) is 0 Å². The summed E-state index contributed by atoms with van der Waals surface area (Å²) in [6, 6.07) is 13.2. The second-order valence-electron chi connectivity index (χ2n) is 7.36. The number of aromatic nitrogens is 5. The Hall–Kier alpha value is -4.08. The molecule has 3 heterocycles. The Labute approximate surface area is 183 Å². The quantitative estimate of drug-likeness (QED) is 0.488. The molecule has 9 nitrogen and oxygen atoms in total. The summed E-state index contributed by atoms with van der Waals surface area (Å²) in [6.45, 7) is 2.12. The first-order valence-corrected chi connectivity index (χ1v) is 10.1. The summed E-state index contributed by atoms with van der Waals surface area (Å²) in [5, 5.41) is 8.59. The van der Waals surface area contributed by atoms with E-state index in [1.165, 1.54) is 18.5 Å². The first-order chi connectivity index (χ1) is 15.6. The fraction of sp³-hybridized carbons (Fsp3) is 0.227. The summed E-state index contributed by atoms with van der Waals surface area (Å²) in [7, 11) is 1.61. The molecule has 162 valence electrons. The van der Waals surface area contributed by atoms with E-state index in [0.717, 1.165) is 5.69 Å². The van der Waals surface area contributed by atoms with Crippen molar-refractivity contribution in [3.63, 3.8) is 0 Å². The lowest BCUT2D eigenvalue weighted by atomic mass is 10.1. The number of carbonyl (C=O) groups excluding carboxylic acids is 1. The van der Waals surface area contributed by atoms with Crippen molar-refractivity contribution in [1.29, 1.82) is 0 Å². The van der Waals surface area contributed by atoms with E-state index in [-0.39, 0.29) is 5.91 Å². The van der Waals surface area contributed by atoms with E-state index in [1.54, 1.807) is 28.8 Å². The van der Waals surface area contributed by atoms with Crippen LogP contribution in [0.15, 0.2) is 54.9 Å². The van der Waals surface area contributed by atoms with Crippen LogP contribution in [0.25, 0.3) is 16.9 Å². The number of anilines is 1. The molecule has 1 saturated heterocycles. The van der Waals surface area contributed by atoms with E-state index in [9.17, 15) is 9.18 Å². The van der Waals surface area contributed by atoms with Gasteiger partial charge in [-0.15, -0.1) is 5.10 Å². The van der Waals surface area contributed by atoms with Crippen LogP contribution in [0.1, 0.15) is 10.4 Å². The molecular formula is C22H20FN7O2. The van der Waals surface area contributed by atoms with Gasteiger partial charge in [0, 0.05) is 37.8 Å². The smallest absolute Gasteiger partial charge is 0.254 e. The molecular weight excluding hydrogens is 413 g/mol. The Morgan fingerprint density at radius 2 is 1.84 bits per heavy atom. The Kier molecular flexibility index (Phi) is 5.10. The molecule has 0 bridgehead atoms. The second kappa shape index (κ2) is 8.22. The minimum atomic E-state index is -0.419. The number of halogens is 1. The molecule has 0 radical (unpaired) electrons. The van der Waals surface area contributed by atoms with Gasteiger partial charge in [-0.05, 0) is 30.3 Å². The maximum Gasteiger partial charge on any atom is 0.254 e. The number of hydrogen-bond donors (Lipinski definition) is 0. The summed E-state index contributed by atoms with van der Waals surface area (Å²) in [4.78, 5) is 25.3. The number of hydrogen-bond acceptors (Lipinski definition) is 7. The molecule has 0 unspecified atom stereocenters. The van der Waals surface area contributed by atoms with E-state index in [1.807, 2.05) is 24.3 Å². The zero-order valence-electron chi connectivity index (χ0n) is 17.3. The normalized spacial score (nSPS) is 14.1. The van der Waals surface area contributed by atoms with Crippen molar-refractivity contribution in [3.8, 4) is 11.4 Å². The van der Waals surface area contributed by atoms with E-state index >= 15 is 0 Å². The number of ether oxygens (including phenoxy) is 1. The van der Waals surface area contributed by atoms with Gasteiger partial charge in [-0.1, -0.05) is 17.3 Å². The van der Waals surface area contributed by atoms with Crippen LogP contribution >= 0.6 is 0 Å². The number of methoxy groups -OCH3 is 1. The topological polar surface area (TPSA) is 89.3 Å². The summed E-state index contributed by atoms with van der Waals surface area (Å²) < 4.78 is 20.4. The van der Waals surface area contributed by atoms with Crippen molar-refractivity contribution in [2.24, 2.45) is 0 Å². The molecule has 1 fully saturated rings. The summed E-state index contributed by atoms with van der Waals surface area (Å²) in [5.41, 5.74) is 2.30. The van der Waals surface area contributed by atoms with Gasteiger partial charge in [0.2, 0.25) is 0 Å². The lowest BCUT2D eigenvalue weighted by Gasteiger charge is -2.35. The third kappa shape index (κ3) is 3.59. The van der Waals surface area contributed by atoms with Gasteiger partial charge in [0.05, 0.1) is 12.8 Å². The van der Waals surface area contributed by atoms with E-state index in [2.05, 4.69) is 25.2 Å². The highest BCUT2D eigenvalue weighted by Gasteiger charge is 2.25. The number of carbonyl (C=O) groups is 1. The largest absolute Gasteiger partial charge is 0.497 e. The molecule has 0 spiro atoms. The van der Waals surface area contributed by atoms with Crippen molar-refractivity contribution >= 4 is 22.9 Å². The molecule has 4 aromatic rings. The average Bonchev–Trinajstić information content (AvgIpc) is 3.28. The number of amides is 1. The Balaban J connectivity index is 1.37. The summed E-state index contributed by atoms with van der Waals surface area (Å²) in [6.07, 6.45) is 1.49. The van der Waals surface area contributed by atoms with E-state index < -0.39 is 5.82 Å². The third-order valence-electron chi connectivity index (χ3n) is 5.45. The molecule has 0 aliphatic carbocycles. The van der Waals surface area contributed by atoms with Crippen LogP contribution in [0.3, 0.4) is 0 Å². The van der Waals surface area contributed by atoms with Crippen LogP contribution in [0.4, 0.5) is 10.2 Å². The predicted molar refractivity (Wildman–Crippen MR) is 116 cm³/mol. The Morgan fingerprint density at radius 1 is 1.03 bits per heavy atom. The zero-order valence-corrected chi connectivity index (χ0v) is 17.3. The number of benzene rings is 2. The molecule has 1 aliphatic heterocycles. The number of piperazine rings is 1. The monoisotopic (exact) mass is 433 g/mol. The number of fused-ring (bicyclic) bond motifs is 1. The van der Waals surface area contributed by atoms with Crippen molar-refractivity contribution in [1.82, 2.24) is 29.9 Å². The van der Waals surface area contributed by atoms with Crippen molar-refractivity contribution in [3.05, 3.63) is 66.2 Å². The fourth-order valence-corrected chi connectivity index (χ4v) is 3.81. The van der Waals surface area contributed by atoms with Crippen LogP contribution in [0.5, 0.6) is 5.75 Å². The predicted octanol–water partition coefficient (Wildman–Crippen LogP) is 2.32. The van der Waals surface area contributed by atoms with E-state index in [4.69, 9.17) is 4.74 Å². The van der Waals surface area contributed by atoms with Crippen molar-refractivity contribution < 1.29 is 13.9 Å². The van der Waals surface area contributed by atoms with E-state index in [0.29, 0.717) is 54.5 Å². The first kappa shape index (κ1) is 19.9.